The Morgan fingerprint density at radius 2 is 1.79 bits per heavy atom. The van der Waals surface area contributed by atoms with Crippen molar-refractivity contribution in [2.45, 2.75) is 24.4 Å². The SMILES string of the molecule is CCn1c(SCc2ccc(Cl)cc2Cl)nnc1-c1ccccc1Cl. The van der Waals surface area contributed by atoms with Gasteiger partial charge >= 0.3 is 0 Å². The molecule has 0 spiro atoms. The highest BCUT2D eigenvalue weighted by atomic mass is 35.5. The minimum Gasteiger partial charge on any atom is -0.302 e. The first kappa shape index (κ1) is 17.6. The molecule has 24 heavy (non-hydrogen) atoms. The van der Waals surface area contributed by atoms with Crippen LogP contribution in [-0.4, -0.2) is 14.8 Å². The van der Waals surface area contributed by atoms with Gasteiger partial charge in [0.2, 0.25) is 0 Å². The number of rotatable bonds is 5. The number of hydrogen-bond acceptors (Lipinski definition) is 3. The molecule has 0 saturated carbocycles. The molecule has 0 N–H and O–H groups in total. The summed E-state index contributed by atoms with van der Waals surface area (Å²) < 4.78 is 2.05. The zero-order valence-electron chi connectivity index (χ0n) is 12.8. The Bertz CT molecular complexity index is 864. The van der Waals surface area contributed by atoms with E-state index in [1.807, 2.05) is 36.4 Å². The highest BCUT2D eigenvalue weighted by Gasteiger charge is 2.15. The van der Waals surface area contributed by atoms with Gasteiger partial charge in [-0.2, -0.15) is 0 Å². The van der Waals surface area contributed by atoms with Gasteiger partial charge in [-0.15, -0.1) is 10.2 Å². The third-order valence-corrected chi connectivity index (χ3v) is 5.45. The molecule has 0 aliphatic heterocycles. The second-order valence-electron chi connectivity index (χ2n) is 5.05. The highest BCUT2D eigenvalue weighted by molar-refractivity contribution is 7.98. The van der Waals surface area contributed by atoms with Crippen LogP contribution >= 0.6 is 46.6 Å². The van der Waals surface area contributed by atoms with Crippen LogP contribution in [0.5, 0.6) is 0 Å². The predicted octanol–water partition coefficient (Wildman–Crippen LogP) is 6.22. The molecule has 0 amide bonds. The zero-order chi connectivity index (χ0) is 17.1. The van der Waals surface area contributed by atoms with Crippen molar-refractivity contribution in [1.82, 2.24) is 14.8 Å². The summed E-state index contributed by atoms with van der Waals surface area (Å²) in [6, 6.07) is 13.2. The van der Waals surface area contributed by atoms with Crippen LogP contribution in [0.4, 0.5) is 0 Å². The number of halogens is 3. The van der Waals surface area contributed by atoms with Crippen LogP contribution in [0.25, 0.3) is 11.4 Å². The lowest BCUT2D eigenvalue weighted by Crippen LogP contribution is -2.00. The molecular weight excluding hydrogens is 385 g/mol. The van der Waals surface area contributed by atoms with E-state index in [1.54, 1.807) is 17.8 Å². The summed E-state index contributed by atoms with van der Waals surface area (Å²) in [5.74, 6) is 1.46. The first-order valence-electron chi connectivity index (χ1n) is 7.35. The minimum absolute atomic E-state index is 0.631. The van der Waals surface area contributed by atoms with Crippen molar-refractivity contribution >= 4 is 46.6 Å². The lowest BCUT2D eigenvalue weighted by Gasteiger charge is -2.09. The summed E-state index contributed by atoms with van der Waals surface area (Å²) in [7, 11) is 0. The van der Waals surface area contributed by atoms with Crippen LogP contribution in [0, 0.1) is 0 Å². The van der Waals surface area contributed by atoms with Gasteiger partial charge in [-0.1, -0.05) is 64.8 Å². The van der Waals surface area contributed by atoms with Gasteiger partial charge in [0.05, 0.1) is 5.02 Å². The predicted molar refractivity (Wildman–Crippen MR) is 102 cm³/mol. The molecule has 124 valence electrons. The number of aromatic nitrogens is 3. The van der Waals surface area contributed by atoms with Crippen molar-refractivity contribution in [2.24, 2.45) is 0 Å². The van der Waals surface area contributed by atoms with Crippen LogP contribution in [0.3, 0.4) is 0 Å². The van der Waals surface area contributed by atoms with Crippen molar-refractivity contribution in [1.29, 1.82) is 0 Å². The average Bonchev–Trinajstić information content (AvgIpc) is 2.97. The normalized spacial score (nSPS) is 11.0. The van der Waals surface area contributed by atoms with Gasteiger partial charge in [-0.05, 0) is 36.8 Å². The molecule has 7 heteroatoms. The Labute approximate surface area is 160 Å². The molecule has 1 aromatic heterocycles. The molecule has 3 nitrogen and oxygen atoms in total. The van der Waals surface area contributed by atoms with Gasteiger partial charge in [0.15, 0.2) is 11.0 Å². The van der Waals surface area contributed by atoms with E-state index in [0.29, 0.717) is 20.8 Å². The second-order valence-corrected chi connectivity index (χ2v) is 7.25. The maximum Gasteiger partial charge on any atom is 0.191 e. The van der Waals surface area contributed by atoms with Crippen LogP contribution in [-0.2, 0) is 12.3 Å². The minimum atomic E-state index is 0.631. The standard InChI is InChI=1S/C17H14Cl3N3S/c1-2-23-16(13-5-3-4-6-14(13)19)21-22-17(23)24-10-11-7-8-12(18)9-15(11)20/h3-9H,2,10H2,1H3. The number of nitrogens with zero attached hydrogens (tertiary/aromatic N) is 3. The van der Waals surface area contributed by atoms with E-state index in [4.69, 9.17) is 34.8 Å². The number of thioether (sulfide) groups is 1. The fourth-order valence-electron chi connectivity index (χ4n) is 2.30. The zero-order valence-corrected chi connectivity index (χ0v) is 15.9. The van der Waals surface area contributed by atoms with E-state index in [1.165, 1.54) is 0 Å². The maximum atomic E-state index is 6.29. The molecule has 0 unspecified atom stereocenters. The van der Waals surface area contributed by atoms with Crippen molar-refractivity contribution in [3.8, 4) is 11.4 Å². The van der Waals surface area contributed by atoms with E-state index in [-0.39, 0.29) is 0 Å². The molecule has 3 aromatic rings. The summed E-state index contributed by atoms with van der Waals surface area (Å²) in [5.41, 5.74) is 1.89. The van der Waals surface area contributed by atoms with Crippen molar-refractivity contribution in [3.63, 3.8) is 0 Å². The molecule has 1 heterocycles. The van der Waals surface area contributed by atoms with E-state index < -0.39 is 0 Å². The average molecular weight is 399 g/mol. The van der Waals surface area contributed by atoms with Crippen molar-refractivity contribution < 1.29 is 0 Å². The van der Waals surface area contributed by atoms with Gasteiger partial charge in [0.25, 0.3) is 0 Å². The molecule has 0 aliphatic carbocycles. The summed E-state index contributed by atoms with van der Waals surface area (Å²) in [6.45, 7) is 2.81. The monoisotopic (exact) mass is 397 g/mol. The third-order valence-electron chi connectivity index (χ3n) is 3.52. The van der Waals surface area contributed by atoms with Crippen molar-refractivity contribution in [3.05, 3.63) is 63.1 Å². The quantitative estimate of drug-likeness (QED) is 0.478. The fourth-order valence-corrected chi connectivity index (χ4v) is 4.08. The van der Waals surface area contributed by atoms with Gasteiger partial charge in [-0.25, -0.2) is 0 Å². The van der Waals surface area contributed by atoms with Crippen LogP contribution < -0.4 is 0 Å². The fraction of sp³-hybridized carbons (Fsp3) is 0.176. The lowest BCUT2D eigenvalue weighted by atomic mass is 10.2. The Morgan fingerprint density at radius 3 is 2.50 bits per heavy atom. The van der Waals surface area contributed by atoms with Gasteiger partial charge in [0.1, 0.15) is 0 Å². The molecule has 0 atom stereocenters. The van der Waals surface area contributed by atoms with E-state index in [0.717, 1.165) is 28.7 Å². The second kappa shape index (κ2) is 7.79. The first-order valence-corrected chi connectivity index (χ1v) is 9.47. The van der Waals surface area contributed by atoms with Crippen LogP contribution in [0.2, 0.25) is 15.1 Å². The summed E-state index contributed by atoms with van der Waals surface area (Å²) >= 11 is 20.0. The largest absolute Gasteiger partial charge is 0.302 e. The summed E-state index contributed by atoms with van der Waals surface area (Å²) in [5, 5.41) is 11.4. The summed E-state index contributed by atoms with van der Waals surface area (Å²) in [4.78, 5) is 0. The van der Waals surface area contributed by atoms with E-state index >= 15 is 0 Å². The van der Waals surface area contributed by atoms with Gasteiger partial charge in [0, 0.05) is 27.9 Å². The molecule has 0 fully saturated rings. The molecule has 0 saturated heterocycles. The first-order chi connectivity index (χ1) is 11.6. The van der Waals surface area contributed by atoms with Crippen LogP contribution in [0.1, 0.15) is 12.5 Å². The molecular formula is C17H14Cl3N3S. The van der Waals surface area contributed by atoms with Crippen molar-refractivity contribution in [2.75, 3.05) is 0 Å². The topological polar surface area (TPSA) is 30.7 Å². The molecule has 3 rings (SSSR count). The maximum absolute atomic E-state index is 6.29. The highest BCUT2D eigenvalue weighted by Crippen LogP contribution is 2.32. The van der Waals surface area contributed by atoms with Gasteiger partial charge < -0.3 is 4.57 Å². The number of hydrogen-bond donors (Lipinski definition) is 0. The smallest absolute Gasteiger partial charge is 0.191 e. The number of benzene rings is 2. The van der Waals surface area contributed by atoms with E-state index in [9.17, 15) is 0 Å². The van der Waals surface area contributed by atoms with Gasteiger partial charge in [-0.3, -0.25) is 0 Å². The Balaban J connectivity index is 1.86. The molecule has 2 aromatic carbocycles. The van der Waals surface area contributed by atoms with E-state index in [2.05, 4.69) is 21.7 Å². The lowest BCUT2D eigenvalue weighted by molar-refractivity contribution is 0.687. The molecule has 0 radical (unpaired) electrons. The molecule has 0 aliphatic rings. The Morgan fingerprint density at radius 1 is 1.00 bits per heavy atom. The Hall–Kier alpha value is -1.20. The van der Waals surface area contributed by atoms with Crippen LogP contribution in [0.15, 0.2) is 47.6 Å². The molecule has 0 bridgehead atoms. The third kappa shape index (κ3) is 3.72. The summed E-state index contributed by atoms with van der Waals surface area (Å²) in [6.07, 6.45) is 0. The Kier molecular flexibility index (Phi) is 5.72.